The lowest BCUT2D eigenvalue weighted by atomic mass is 10.1. The highest BCUT2D eigenvalue weighted by atomic mass is 79.9. The van der Waals surface area contributed by atoms with Gasteiger partial charge in [0.25, 0.3) is 0 Å². The van der Waals surface area contributed by atoms with Crippen molar-refractivity contribution < 1.29 is 19.5 Å². The molecular formula is C14H18BrNO5. The third-order valence-corrected chi connectivity index (χ3v) is 3.86. The molecule has 1 saturated heterocycles. The van der Waals surface area contributed by atoms with E-state index in [4.69, 9.17) is 9.47 Å². The van der Waals surface area contributed by atoms with E-state index in [-0.39, 0.29) is 24.1 Å². The number of benzene rings is 1. The van der Waals surface area contributed by atoms with Crippen molar-refractivity contribution in [2.45, 2.75) is 38.4 Å². The van der Waals surface area contributed by atoms with E-state index in [1.54, 1.807) is 13.0 Å². The molecule has 1 N–H and O–H groups in total. The molecule has 1 aromatic rings. The average molecular weight is 360 g/mol. The van der Waals surface area contributed by atoms with Gasteiger partial charge in [-0.15, -0.1) is 0 Å². The van der Waals surface area contributed by atoms with Gasteiger partial charge in [-0.3, -0.25) is 10.1 Å². The van der Waals surface area contributed by atoms with E-state index in [1.807, 2.05) is 0 Å². The van der Waals surface area contributed by atoms with Crippen LogP contribution in [0.1, 0.15) is 37.9 Å². The highest BCUT2D eigenvalue weighted by molar-refractivity contribution is 9.10. The van der Waals surface area contributed by atoms with E-state index in [1.165, 1.54) is 6.07 Å². The van der Waals surface area contributed by atoms with E-state index in [2.05, 4.69) is 15.9 Å². The highest BCUT2D eigenvalue weighted by Gasteiger charge is 2.25. The number of hydrogen-bond acceptors (Lipinski definition) is 5. The number of nitrogens with zero attached hydrogens (tertiary/aromatic N) is 1. The van der Waals surface area contributed by atoms with Crippen molar-refractivity contribution in [3.05, 3.63) is 32.3 Å². The topological polar surface area (TPSA) is 81.8 Å². The Morgan fingerprint density at radius 3 is 2.90 bits per heavy atom. The molecule has 2 rings (SSSR count). The first-order valence-corrected chi connectivity index (χ1v) is 7.68. The fourth-order valence-electron chi connectivity index (χ4n) is 2.32. The summed E-state index contributed by atoms with van der Waals surface area (Å²) in [6, 6.07) is 3.01. The Balaban J connectivity index is 2.24. The van der Waals surface area contributed by atoms with Crippen LogP contribution in [-0.2, 0) is 4.74 Å². The Hall–Kier alpha value is -1.18. The van der Waals surface area contributed by atoms with Gasteiger partial charge in [-0.1, -0.05) is 15.9 Å². The first-order chi connectivity index (χ1) is 9.99. The molecule has 2 atom stereocenters. The van der Waals surface area contributed by atoms with Crippen LogP contribution in [0.15, 0.2) is 16.6 Å². The second kappa shape index (κ2) is 7.20. The number of hydrogen-bond donors (Lipinski definition) is 1. The molecule has 21 heavy (non-hydrogen) atoms. The van der Waals surface area contributed by atoms with Crippen molar-refractivity contribution in [2.24, 2.45) is 0 Å². The molecular weight excluding hydrogens is 342 g/mol. The Morgan fingerprint density at radius 2 is 2.33 bits per heavy atom. The molecule has 6 nitrogen and oxygen atoms in total. The Bertz CT molecular complexity index is 514. The molecule has 1 fully saturated rings. The molecule has 0 amide bonds. The van der Waals surface area contributed by atoms with Crippen LogP contribution >= 0.6 is 15.9 Å². The van der Waals surface area contributed by atoms with Gasteiger partial charge in [0.05, 0.1) is 17.1 Å². The number of ether oxygens (including phenoxy) is 2. The van der Waals surface area contributed by atoms with Crippen molar-refractivity contribution in [3.63, 3.8) is 0 Å². The molecule has 0 spiro atoms. The molecule has 0 saturated carbocycles. The summed E-state index contributed by atoms with van der Waals surface area (Å²) >= 11 is 3.22. The molecule has 116 valence electrons. The van der Waals surface area contributed by atoms with Gasteiger partial charge in [0.2, 0.25) is 5.75 Å². The molecule has 0 aliphatic carbocycles. The number of nitro benzene ring substituents is 1. The maximum Gasteiger partial charge on any atom is 0.312 e. The van der Waals surface area contributed by atoms with Crippen molar-refractivity contribution in [2.75, 3.05) is 13.2 Å². The van der Waals surface area contributed by atoms with Crippen LogP contribution in [0.25, 0.3) is 0 Å². The minimum Gasteiger partial charge on any atom is -0.484 e. The van der Waals surface area contributed by atoms with E-state index >= 15 is 0 Å². The van der Waals surface area contributed by atoms with Crippen LogP contribution in [0.5, 0.6) is 5.75 Å². The van der Waals surface area contributed by atoms with Gasteiger partial charge in [-0.25, -0.2) is 0 Å². The molecule has 1 aliphatic heterocycles. The maximum absolute atomic E-state index is 11.2. The van der Waals surface area contributed by atoms with Gasteiger partial charge < -0.3 is 14.6 Å². The number of rotatable bonds is 5. The summed E-state index contributed by atoms with van der Waals surface area (Å²) in [6.07, 6.45) is 2.08. The SMILES string of the molecule is C[C@@H](O)c1cc(Br)cc([N+](=O)[O-])c1OCC1CCCCO1. The second-order valence-electron chi connectivity index (χ2n) is 5.08. The molecule has 1 aromatic carbocycles. The van der Waals surface area contributed by atoms with Gasteiger partial charge in [-0.05, 0) is 32.3 Å². The van der Waals surface area contributed by atoms with Crippen LogP contribution in [0.2, 0.25) is 0 Å². The summed E-state index contributed by atoms with van der Waals surface area (Å²) in [5.41, 5.74) is 0.239. The number of halogens is 1. The molecule has 0 bridgehead atoms. The second-order valence-corrected chi connectivity index (χ2v) is 5.99. The summed E-state index contributed by atoms with van der Waals surface area (Å²) < 4.78 is 11.7. The average Bonchev–Trinajstić information content (AvgIpc) is 2.46. The van der Waals surface area contributed by atoms with E-state index in [9.17, 15) is 15.2 Å². The predicted molar refractivity (Wildman–Crippen MR) is 80.5 cm³/mol. The Morgan fingerprint density at radius 1 is 1.57 bits per heavy atom. The summed E-state index contributed by atoms with van der Waals surface area (Å²) in [5, 5.41) is 21.0. The molecule has 0 radical (unpaired) electrons. The lowest BCUT2D eigenvalue weighted by Crippen LogP contribution is -2.26. The van der Waals surface area contributed by atoms with Crippen molar-refractivity contribution in [1.82, 2.24) is 0 Å². The van der Waals surface area contributed by atoms with Gasteiger partial charge in [0, 0.05) is 22.7 Å². The highest BCUT2D eigenvalue weighted by Crippen LogP contribution is 2.38. The Labute approximate surface area is 131 Å². The maximum atomic E-state index is 11.2. The first kappa shape index (κ1) is 16.2. The number of aliphatic hydroxyl groups excluding tert-OH is 1. The van der Waals surface area contributed by atoms with Crippen LogP contribution in [0, 0.1) is 10.1 Å². The van der Waals surface area contributed by atoms with Crippen LogP contribution < -0.4 is 4.74 Å². The predicted octanol–water partition coefficient (Wildman–Crippen LogP) is 3.36. The third kappa shape index (κ3) is 4.15. The van der Waals surface area contributed by atoms with E-state index < -0.39 is 11.0 Å². The molecule has 7 heteroatoms. The lowest BCUT2D eigenvalue weighted by molar-refractivity contribution is -0.386. The fourth-order valence-corrected chi connectivity index (χ4v) is 2.78. The molecule has 1 heterocycles. The van der Waals surface area contributed by atoms with E-state index in [0.717, 1.165) is 19.3 Å². The van der Waals surface area contributed by atoms with Gasteiger partial charge >= 0.3 is 5.69 Å². The van der Waals surface area contributed by atoms with Gasteiger partial charge in [0.1, 0.15) is 6.61 Å². The van der Waals surface area contributed by atoms with Crippen LogP contribution in [0.4, 0.5) is 5.69 Å². The summed E-state index contributed by atoms with van der Waals surface area (Å²) in [6.45, 7) is 2.50. The van der Waals surface area contributed by atoms with E-state index in [0.29, 0.717) is 16.6 Å². The number of aliphatic hydroxyl groups is 1. The minimum atomic E-state index is -0.858. The van der Waals surface area contributed by atoms with Gasteiger partial charge in [0.15, 0.2) is 0 Å². The largest absolute Gasteiger partial charge is 0.484 e. The molecule has 1 unspecified atom stereocenters. The first-order valence-electron chi connectivity index (χ1n) is 6.89. The zero-order valence-electron chi connectivity index (χ0n) is 11.8. The lowest BCUT2D eigenvalue weighted by Gasteiger charge is -2.23. The van der Waals surface area contributed by atoms with Crippen molar-refractivity contribution in [1.29, 1.82) is 0 Å². The fraction of sp³-hybridized carbons (Fsp3) is 0.571. The summed E-state index contributed by atoms with van der Waals surface area (Å²) in [4.78, 5) is 10.7. The van der Waals surface area contributed by atoms with Crippen molar-refractivity contribution in [3.8, 4) is 5.75 Å². The zero-order valence-corrected chi connectivity index (χ0v) is 13.3. The smallest absolute Gasteiger partial charge is 0.312 e. The zero-order chi connectivity index (χ0) is 15.4. The summed E-state index contributed by atoms with van der Waals surface area (Å²) in [5.74, 6) is 0.118. The quantitative estimate of drug-likeness (QED) is 0.643. The standard InChI is InChI=1S/C14H18BrNO5/c1-9(17)12-6-10(15)7-13(16(18)19)14(12)21-8-11-4-2-3-5-20-11/h6-7,9,11,17H,2-5,8H2,1H3/t9-,11?/m1/s1. The minimum absolute atomic E-state index is 0.0520. The van der Waals surface area contributed by atoms with Crippen LogP contribution in [-0.4, -0.2) is 29.3 Å². The van der Waals surface area contributed by atoms with Crippen LogP contribution in [0.3, 0.4) is 0 Å². The molecule has 1 aliphatic rings. The summed E-state index contributed by atoms with van der Waals surface area (Å²) in [7, 11) is 0. The monoisotopic (exact) mass is 359 g/mol. The number of nitro groups is 1. The molecule has 0 aromatic heterocycles. The Kier molecular flexibility index (Phi) is 5.55. The third-order valence-electron chi connectivity index (χ3n) is 3.40. The van der Waals surface area contributed by atoms with Crippen molar-refractivity contribution >= 4 is 21.6 Å². The normalized spacial score (nSPS) is 20.0. The van der Waals surface area contributed by atoms with Gasteiger partial charge in [-0.2, -0.15) is 0 Å².